The van der Waals surface area contributed by atoms with E-state index >= 15 is 0 Å². The maximum atomic E-state index is 12.9. The zero-order valence-corrected chi connectivity index (χ0v) is 13.8. The van der Waals surface area contributed by atoms with Crippen molar-refractivity contribution in [3.63, 3.8) is 0 Å². The summed E-state index contributed by atoms with van der Waals surface area (Å²) in [4.78, 5) is 19.0. The highest BCUT2D eigenvalue weighted by Crippen LogP contribution is 2.21. The first-order valence-corrected chi connectivity index (χ1v) is 7.89. The average Bonchev–Trinajstić information content (AvgIpc) is 2.48. The maximum Gasteiger partial charge on any atom is 0.244 e. The summed E-state index contributed by atoms with van der Waals surface area (Å²) < 4.78 is 0. The van der Waals surface area contributed by atoms with Crippen LogP contribution in [0.3, 0.4) is 0 Å². The lowest BCUT2D eigenvalue weighted by Gasteiger charge is -2.38. The highest BCUT2D eigenvalue weighted by Gasteiger charge is 2.30. The molecule has 0 saturated carbocycles. The van der Waals surface area contributed by atoms with Crippen LogP contribution in [0.2, 0.25) is 0 Å². The van der Waals surface area contributed by atoms with Crippen molar-refractivity contribution in [3.8, 4) is 0 Å². The van der Waals surface area contributed by atoms with Gasteiger partial charge in [-0.15, -0.1) is 0 Å². The molecule has 122 valence electrons. The van der Waals surface area contributed by atoms with Gasteiger partial charge in [0, 0.05) is 32.7 Å². The van der Waals surface area contributed by atoms with Gasteiger partial charge < -0.3 is 10.0 Å². The van der Waals surface area contributed by atoms with Gasteiger partial charge in [0.15, 0.2) is 0 Å². The van der Waals surface area contributed by atoms with E-state index in [4.69, 9.17) is 0 Å². The first-order chi connectivity index (χ1) is 10.5. The Morgan fingerprint density at radius 3 is 2.27 bits per heavy atom. The number of hydrogen-bond donors (Lipinski definition) is 1. The summed E-state index contributed by atoms with van der Waals surface area (Å²) in [5.74, 6) is 0.160. The molecule has 2 atom stereocenters. The van der Waals surface area contributed by atoms with Gasteiger partial charge in [0.2, 0.25) is 5.91 Å². The van der Waals surface area contributed by atoms with Crippen molar-refractivity contribution in [2.24, 2.45) is 0 Å². The Hall–Kier alpha value is -1.43. The van der Waals surface area contributed by atoms with E-state index in [1.807, 2.05) is 54.2 Å². The van der Waals surface area contributed by atoms with Crippen LogP contribution in [0, 0.1) is 0 Å². The van der Waals surface area contributed by atoms with Crippen molar-refractivity contribution in [1.82, 2.24) is 14.7 Å². The predicted molar refractivity (Wildman–Crippen MR) is 87.6 cm³/mol. The second-order valence-electron chi connectivity index (χ2n) is 6.25. The van der Waals surface area contributed by atoms with Crippen LogP contribution in [0.4, 0.5) is 0 Å². The number of benzene rings is 1. The van der Waals surface area contributed by atoms with Crippen LogP contribution in [0.25, 0.3) is 0 Å². The van der Waals surface area contributed by atoms with Gasteiger partial charge >= 0.3 is 0 Å². The molecule has 0 unspecified atom stereocenters. The van der Waals surface area contributed by atoms with Crippen molar-refractivity contribution in [2.45, 2.75) is 19.1 Å². The van der Waals surface area contributed by atoms with Gasteiger partial charge in [-0.1, -0.05) is 30.3 Å². The Kier molecular flexibility index (Phi) is 5.94. The normalized spacial score (nSPS) is 19.2. The first kappa shape index (κ1) is 16.9. The number of amides is 1. The fraction of sp³-hybridized carbons (Fsp3) is 0.588. The SMILES string of the molecule is C[C@H](O)CN1CCN(C(=O)[C@H](c2ccccc2)N(C)C)CC1. The number of rotatable bonds is 5. The van der Waals surface area contributed by atoms with Gasteiger partial charge in [-0.3, -0.25) is 14.6 Å². The molecule has 1 aromatic carbocycles. The van der Waals surface area contributed by atoms with Crippen molar-refractivity contribution in [3.05, 3.63) is 35.9 Å². The third-order valence-electron chi connectivity index (χ3n) is 4.07. The minimum absolute atomic E-state index is 0.160. The van der Waals surface area contributed by atoms with Crippen molar-refractivity contribution >= 4 is 5.91 Å². The van der Waals surface area contributed by atoms with Crippen molar-refractivity contribution in [2.75, 3.05) is 46.8 Å². The van der Waals surface area contributed by atoms with Crippen LogP contribution in [0.5, 0.6) is 0 Å². The number of nitrogens with zero attached hydrogens (tertiary/aromatic N) is 3. The summed E-state index contributed by atoms with van der Waals surface area (Å²) in [5, 5.41) is 9.46. The van der Waals surface area contributed by atoms with Gasteiger partial charge in [0.05, 0.1) is 6.10 Å². The van der Waals surface area contributed by atoms with Crippen LogP contribution in [-0.2, 0) is 4.79 Å². The van der Waals surface area contributed by atoms with Gasteiger partial charge in [-0.25, -0.2) is 0 Å². The summed E-state index contributed by atoms with van der Waals surface area (Å²) in [6.45, 7) is 5.58. The summed E-state index contributed by atoms with van der Waals surface area (Å²) >= 11 is 0. The second-order valence-corrected chi connectivity index (χ2v) is 6.25. The highest BCUT2D eigenvalue weighted by atomic mass is 16.3. The number of piperazine rings is 1. The summed E-state index contributed by atoms with van der Waals surface area (Å²) in [6, 6.07) is 9.69. The third-order valence-corrected chi connectivity index (χ3v) is 4.07. The van der Waals surface area contributed by atoms with Crippen LogP contribution in [0.15, 0.2) is 30.3 Å². The summed E-state index contributed by atoms with van der Waals surface area (Å²) in [5.41, 5.74) is 1.03. The molecule has 1 saturated heterocycles. The number of hydrogen-bond acceptors (Lipinski definition) is 4. The van der Waals surface area contributed by atoms with Gasteiger partial charge in [0.25, 0.3) is 0 Å². The van der Waals surface area contributed by atoms with Crippen LogP contribution in [0.1, 0.15) is 18.5 Å². The third kappa shape index (κ3) is 4.29. The molecule has 1 aliphatic rings. The van der Waals surface area contributed by atoms with Gasteiger partial charge in [-0.2, -0.15) is 0 Å². The Labute approximate surface area is 133 Å². The molecule has 1 heterocycles. The molecule has 5 nitrogen and oxygen atoms in total. The molecule has 2 rings (SSSR count). The topological polar surface area (TPSA) is 47.0 Å². The molecule has 22 heavy (non-hydrogen) atoms. The fourth-order valence-corrected chi connectivity index (χ4v) is 2.99. The monoisotopic (exact) mass is 305 g/mol. The lowest BCUT2D eigenvalue weighted by atomic mass is 10.0. The van der Waals surface area contributed by atoms with E-state index in [0.29, 0.717) is 6.54 Å². The Morgan fingerprint density at radius 2 is 1.77 bits per heavy atom. The quantitative estimate of drug-likeness (QED) is 0.875. The number of carbonyl (C=O) groups excluding carboxylic acids is 1. The molecular formula is C17H27N3O2. The second kappa shape index (κ2) is 7.72. The van der Waals surface area contributed by atoms with Crippen LogP contribution >= 0.6 is 0 Å². The Bertz CT molecular complexity index is 468. The maximum absolute atomic E-state index is 12.9. The van der Waals surface area contributed by atoms with Crippen molar-refractivity contribution < 1.29 is 9.90 Å². The smallest absolute Gasteiger partial charge is 0.244 e. The standard InChI is InChI=1S/C17H27N3O2/c1-14(21)13-19-9-11-20(12-10-19)17(22)16(18(2)3)15-7-5-4-6-8-15/h4-8,14,16,21H,9-13H2,1-3H3/t14-,16-/m0/s1. The van der Waals surface area contributed by atoms with Crippen LogP contribution < -0.4 is 0 Å². The van der Waals surface area contributed by atoms with E-state index in [1.54, 1.807) is 6.92 Å². The highest BCUT2D eigenvalue weighted by molar-refractivity contribution is 5.83. The first-order valence-electron chi connectivity index (χ1n) is 7.89. The number of aliphatic hydroxyl groups excluding tert-OH is 1. The molecular weight excluding hydrogens is 278 g/mol. The van der Waals surface area contributed by atoms with E-state index in [2.05, 4.69) is 4.90 Å². The molecule has 5 heteroatoms. The molecule has 1 fully saturated rings. The Balaban J connectivity index is 2.01. The Morgan fingerprint density at radius 1 is 1.18 bits per heavy atom. The molecule has 0 aromatic heterocycles. The van der Waals surface area contributed by atoms with Gasteiger partial charge in [0.1, 0.15) is 6.04 Å². The van der Waals surface area contributed by atoms with E-state index < -0.39 is 0 Å². The van der Waals surface area contributed by atoms with E-state index in [1.165, 1.54) is 0 Å². The molecule has 1 aliphatic heterocycles. The lowest BCUT2D eigenvalue weighted by Crippen LogP contribution is -2.52. The zero-order valence-electron chi connectivity index (χ0n) is 13.8. The molecule has 0 spiro atoms. The van der Waals surface area contributed by atoms with Crippen molar-refractivity contribution in [1.29, 1.82) is 0 Å². The average molecular weight is 305 g/mol. The van der Waals surface area contributed by atoms with E-state index in [0.717, 1.165) is 31.7 Å². The van der Waals surface area contributed by atoms with E-state index in [-0.39, 0.29) is 18.1 Å². The molecule has 1 amide bonds. The van der Waals surface area contributed by atoms with Gasteiger partial charge in [-0.05, 0) is 26.6 Å². The molecule has 1 aromatic rings. The predicted octanol–water partition coefficient (Wildman–Crippen LogP) is 0.814. The number of aliphatic hydroxyl groups is 1. The summed E-state index contributed by atoms with van der Waals surface area (Å²) in [6.07, 6.45) is -0.318. The molecule has 0 aliphatic carbocycles. The van der Waals surface area contributed by atoms with Crippen LogP contribution in [-0.4, -0.2) is 78.6 Å². The molecule has 0 radical (unpaired) electrons. The largest absolute Gasteiger partial charge is 0.392 e. The number of β-amino-alcohol motifs (C(OH)–C–C–N with tert-alkyl or cyclic N) is 1. The summed E-state index contributed by atoms with van der Waals surface area (Å²) in [7, 11) is 3.89. The number of carbonyl (C=O) groups is 1. The molecule has 0 bridgehead atoms. The van der Waals surface area contributed by atoms with E-state index in [9.17, 15) is 9.90 Å². The minimum Gasteiger partial charge on any atom is -0.392 e. The number of likely N-dealkylation sites (N-methyl/N-ethyl adjacent to an activating group) is 1. The zero-order chi connectivity index (χ0) is 16.1. The fourth-order valence-electron chi connectivity index (χ4n) is 2.99. The minimum atomic E-state index is -0.318. The lowest BCUT2D eigenvalue weighted by molar-refractivity contribution is -0.138. The molecule has 1 N–H and O–H groups in total.